The van der Waals surface area contributed by atoms with Gasteiger partial charge in [0.05, 0.1) is 0 Å². The maximum atomic E-state index is 13.0. The fourth-order valence-electron chi connectivity index (χ4n) is 1.96. The second-order valence-corrected chi connectivity index (χ2v) is 4.92. The van der Waals surface area contributed by atoms with Crippen molar-refractivity contribution >= 4 is 5.97 Å². The topological polar surface area (TPSA) is 37.3 Å². The van der Waals surface area contributed by atoms with Crippen LogP contribution < -0.4 is 0 Å². The standard InChI is InChI=1S/C13H21F5O2/c1-2-3-4-5-6-7-8-9-10(11(19)20)12(14,15)13(16,17)18/h10H,2-9H2,1H3,(H,19,20). The Morgan fingerprint density at radius 1 is 0.950 bits per heavy atom. The highest BCUT2D eigenvalue weighted by atomic mass is 19.4. The van der Waals surface area contributed by atoms with Crippen molar-refractivity contribution in [3.63, 3.8) is 0 Å². The number of halogens is 5. The fraction of sp³-hybridized carbons (Fsp3) is 0.923. The summed E-state index contributed by atoms with van der Waals surface area (Å²) in [6.45, 7) is 2.04. The van der Waals surface area contributed by atoms with Gasteiger partial charge < -0.3 is 5.11 Å². The molecule has 1 N–H and O–H groups in total. The summed E-state index contributed by atoms with van der Waals surface area (Å²) in [6.07, 6.45) is -1.21. The predicted molar refractivity (Wildman–Crippen MR) is 64.7 cm³/mol. The van der Waals surface area contributed by atoms with Crippen LogP contribution in [0, 0.1) is 5.92 Å². The van der Waals surface area contributed by atoms with Crippen LogP contribution in [-0.2, 0) is 4.79 Å². The van der Waals surface area contributed by atoms with E-state index in [4.69, 9.17) is 5.11 Å². The zero-order valence-corrected chi connectivity index (χ0v) is 11.5. The Morgan fingerprint density at radius 2 is 1.40 bits per heavy atom. The number of aliphatic carboxylic acids is 1. The molecule has 120 valence electrons. The highest BCUT2D eigenvalue weighted by Gasteiger charge is 2.64. The molecule has 0 bridgehead atoms. The minimum atomic E-state index is -5.82. The second kappa shape index (κ2) is 8.42. The maximum Gasteiger partial charge on any atom is 0.454 e. The van der Waals surface area contributed by atoms with Crippen molar-refractivity contribution in [1.82, 2.24) is 0 Å². The number of alkyl halides is 5. The minimum absolute atomic E-state index is 0.0642. The highest BCUT2D eigenvalue weighted by Crippen LogP contribution is 2.43. The molecule has 0 aromatic heterocycles. The molecule has 0 saturated carbocycles. The van der Waals surface area contributed by atoms with Crippen LogP contribution >= 0.6 is 0 Å². The summed E-state index contributed by atoms with van der Waals surface area (Å²) < 4.78 is 62.5. The van der Waals surface area contributed by atoms with Gasteiger partial charge in [-0.05, 0) is 6.42 Å². The van der Waals surface area contributed by atoms with Crippen molar-refractivity contribution in [3.8, 4) is 0 Å². The Labute approximate surface area is 115 Å². The van der Waals surface area contributed by atoms with Gasteiger partial charge in [0, 0.05) is 0 Å². The van der Waals surface area contributed by atoms with Crippen LogP contribution in [0.5, 0.6) is 0 Å². The predicted octanol–water partition coefficient (Wildman–Crippen LogP) is 5.03. The molecule has 0 rings (SSSR count). The lowest BCUT2D eigenvalue weighted by molar-refractivity contribution is -0.301. The van der Waals surface area contributed by atoms with Crippen LogP contribution in [-0.4, -0.2) is 23.2 Å². The number of hydrogen-bond donors (Lipinski definition) is 1. The van der Waals surface area contributed by atoms with Gasteiger partial charge in [-0.1, -0.05) is 51.9 Å². The van der Waals surface area contributed by atoms with Crippen LogP contribution in [0.1, 0.15) is 58.3 Å². The average molecular weight is 304 g/mol. The third-order valence-corrected chi connectivity index (χ3v) is 3.21. The molecule has 1 unspecified atom stereocenters. The van der Waals surface area contributed by atoms with E-state index in [1.165, 1.54) is 0 Å². The highest BCUT2D eigenvalue weighted by molar-refractivity contribution is 5.71. The molecule has 0 aliphatic rings. The molecule has 1 atom stereocenters. The Kier molecular flexibility index (Phi) is 8.05. The molecule has 0 fully saturated rings. The monoisotopic (exact) mass is 304 g/mol. The van der Waals surface area contributed by atoms with Gasteiger partial charge >= 0.3 is 18.1 Å². The Balaban J connectivity index is 4.21. The van der Waals surface area contributed by atoms with Crippen molar-refractivity contribution < 1.29 is 31.9 Å². The van der Waals surface area contributed by atoms with Gasteiger partial charge in [0.15, 0.2) is 0 Å². The third-order valence-electron chi connectivity index (χ3n) is 3.21. The summed E-state index contributed by atoms with van der Waals surface area (Å²) in [6, 6.07) is 0. The molecule has 0 spiro atoms. The van der Waals surface area contributed by atoms with Gasteiger partial charge in [0.25, 0.3) is 0 Å². The minimum Gasteiger partial charge on any atom is -0.481 e. The first-order valence-corrected chi connectivity index (χ1v) is 6.82. The maximum absolute atomic E-state index is 13.0. The molecule has 0 aromatic carbocycles. The Hall–Kier alpha value is -0.880. The molecule has 0 aliphatic heterocycles. The van der Waals surface area contributed by atoms with Crippen LogP contribution in [0.15, 0.2) is 0 Å². The molecule has 0 radical (unpaired) electrons. The Bertz CT molecular complexity index is 289. The van der Waals surface area contributed by atoms with Gasteiger partial charge in [-0.3, -0.25) is 4.79 Å². The molecule has 0 saturated heterocycles. The summed E-state index contributed by atoms with van der Waals surface area (Å²) >= 11 is 0. The lowest BCUT2D eigenvalue weighted by Crippen LogP contribution is -2.46. The van der Waals surface area contributed by atoms with Crippen molar-refractivity contribution in [3.05, 3.63) is 0 Å². The van der Waals surface area contributed by atoms with E-state index >= 15 is 0 Å². The molecule has 0 aliphatic carbocycles. The lowest BCUT2D eigenvalue weighted by atomic mass is 9.93. The Morgan fingerprint density at radius 3 is 1.80 bits per heavy atom. The summed E-state index contributed by atoms with van der Waals surface area (Å²) in [5, 5.41) is 8.56. The van der Waals surface area contributed by atoms with E-state index < -0.39 is 30.4 Å². The first-order valence-electron chi connectivity index (χ1n) is 6.82. The largest absolute Gasteiger partial charge is 0.481 e. The molecule has 2 nitrogen and oxygen atoms in total. The number of carboxylic acid groups (broad SMARTS) is 1. The molecule has 0 heterocycles. The smallest absolute Gasteiger partial charge is 0.454 e. The normalized spacial score (nSPS) is 14.3. The van der Waals surface area contributed by atoms with E-state index in [-0.39, 0.29) is 6.42 Å². The number of unbranched alkanes of at least 4 members (excludes halogenated alkanes) is 6. The van der Waals surface area contributed by atoms with E-state index in [1.54, 1.807) is 0 Å². The first-order chi connectivity index (χ1) is 9.14. The number of hydrogen-bond acceptors (Lipinski definition) is 1. The molecule has 20 heavy (non-hydrogen) atoms. The zero-order chi connectivity index (χ0) is 15.8. The number of carbonyl (C=O) groups is 1. The van der Waals surface area contributed by atoms with Gasteiger partial charge in [-0.15, -0.1) is 0 Å². The van der Waals surface area contributed by atoms with Crippen molar-refractivity contribution in [2.24, 2.45) is 5.92 Å². The van der Waals surface area contributed by atoms with Crippen LogP contribution in [0.3, 0.4) is 0 Å². The molecule has 0 amide bonds. The number of carboxylic acids is 1. The summed E-state index contributed by atoms with van der Waals surface area (Å²) in [5.41, 5.74) is 0. The fourth-order valence-corrected chi connectivity index (χ4v) is 1.96. The summed E-state index contributed by atoms with van der Waals surface area (Å²) in [7, 11) is 0. The quantitative estimate of drug-likeness (QED) is 0.454. The van der Waals surface area contributed by atoms with E-state index in [0.29, 0.717) is 6.42 Å². The van der Waals surface area contributed by atoms with Gasteiger partial charge in [-0.25, -0.2) is 0 Å². The van der Waals surface area contributed by atoms with Crippen LogP contribution in [0.4, 0.5) is 22.0 Å². The van der Waals surface area contributed by atoms with Crippen LogP contribution in [0.2, 0.25) is 0 Å². The van der Waals surface area contributed by atoms with Crippen molar-refractivity contribution in [2.75, 3.05) is 0 Å². The first kappa shape index (κ1) is 19.1. The van der Waals surface area contributed by atoms with Crippen molar-refractivity contribution in [1.29, 1.82) is 0 Å². The lowest BCUT2D eigenvalue weighted by Gasteiger charge is -2.25. The van der Waals surface area contributed by atoms with E-state index in [2.05, 4.69) is 0 Å². The SMILES string of the molecule is CCCCCCCCCC(C(=O)O)C(F)(F)C(F)(F)F. The van der Waals surface area contributed by atoms with E-state index in [1.807, 2.05) is 6.92 Å². The molecular weight excluding hydrogens is 283 g/mol. The zero-order valence-electron chi connectivity index (χ0n) is 11.5. The molecule has 0 aromatic rings. The van der Waals surface area contributed by atoms with E-state index in [9.17, 15) is 26.7 Å². The molecular formula is C13H21F5O2. The second-order valence-electron chi connectivity index (χ2n) is 4.92. The van der Waals surface area contributed by atoms with Gasteiger partial charge in [0.2, 0.25) is 0 Å². The van der Waals surface area contributed by atoms with Gasteiger partial charge in [-0.2, -0.15) is 22.0 Å². The van der Waals surface area contributed by atoms with Gasteiger partial charge in [0.1, 0.15) is 5.92 Å². The summed E-state index contributed by atoms with van der Waals surface area (Å²) in [4.78, 5) is 10.6. The molecule has 7 heteroatoms. The van der Waals surface area contributed by atoms with E-state index in [0.717, 1.165) is 32.1 Å². The summed E-state index contributed by atoms with van der Waals surface area (Å²) in [5.74, 6) is -9.97. The van der Waals surface area contributed by atoms with Crippen LogP contribution in [0.25, 0.3) is 0 Å². The van der Waals surface area contributed by atoms with Crippen molar-refractivity contribution in [2.45, 2.75) is 70.4 Å². The average Bonchev–Trinajstić information content (AvgIpc) is 2.30. The third kappa shape index (κ3) is 6.05. The number of rotatable bonds is 10.